The minimum Gasteiger partial charge on any atom is -0.505 e. The monoisotopic (exact) mass is 938 g/mol. The summed E-state index contributed by atoms with van der Waals surface area (Å²) >= 11 is 0. The molecule has 1 amide bonds. The van der Waals surface area contributed by atoms with Crippen molar-refractivity contribution in [3.63, 3.8) is 0 Å². The van der Waals surface area contributed by atoms with Gasteiger partial charge in [-0.15, -0.1) is 0 Å². The SMILES string of the molecule is CO[C@H]1/C=C/O[C@@]2(C)Oc3c(C)c(=O)c4c(O)c(c5oc6cc(OCC7CC[N+](C)(C(C)C)C7)ccc6nc5c4c3C2=O)NC(=O)/C(C)=C\C=C\[C@H](C)[C@H](O)[C@@H](C)[C@@H](C)[C@@H](C)[C@H](OC(C)=O)[C@@H]1C. The number of amides is 1. The molecule has 1 fully saturated rings. The number of quaternary nitrogens is 1. The number of rotatable bonds is 6. The summed E-state index contributed by atoms with van der Waals surface area (Å²) in [6.45, 7) is 22.6. The number of aromatic hydroxyl groups is 1. The van der Waals surface area contributed by atoms with Crippen molar-refractivity contribution in [2.24, 2.45) is 35.5 Å². The molecule has 0 aliphatic carbocycles. The first kappa shape index (κ1) is 50.1. The molecule has 3 aromatic carbocycles. The molecule has 1 saturated heterocycles. The number of anilines is 1. The summed E-state index contributed by atoms with van der Waals surface area (Å²) < 4.78 is 38.1. The lowest BCUT2D eigenvalue weighted by Gasteiger charge is -2.39. The van der Waals surface area contributed by atoms with E-state index in [2.05, 4.69) is 26.2 Å². The van der Waals surface area contributed by atoms with Gasteiger partial charge in [-0.25, -0.2) is 4.98 Å². The summed E-state index contributed by atoms with van der Waals surface area (Å²) in [5.74, 6) is -5.00. The van der Waals surface area contributed by atoms with Crippen molar-refractivity contribution in [2.45, 2.75) is 113 Å². The molecule has 366 valence electrons. The number of benzene rings is 3. The summed E-state index contributed by atoms with van der Waals surface area (Å²) in [7, 11) is 3.78. The van der Waals surface area contributed by atoms with Crippen LogP contribution < -0.4 is 20.2 Å². The highest BCUT2D eigenvalue weighted by Crippen LogP contribution is 2.48. The lowest BCUT2D eigenvalue weighted by Crippen LogP contribution is -2.47. The van der Waals surface area contributed by atoms with Crippen LogP contribution in [-0.4, -0.2) is 101 Å². The molecule has 2 unspecified atom stereocenters. The lowest BCUT2D eigenvalue weighted by atomic mass is 9.73. The summed E-state index contributed by atoms with van der Waals surface area (Å²) in [4.78, 5) is 60.8. The second kappa shape index (κ2) is 19.3. The van der Waals surface area contributed by atoms with Gasteiger partial charge < -0.3 is 48.1 Å². The van der Waals surface area contributed by atoms with Crippen molar-refractivity contribution in [2.75, 3.05) is 39.2 Å². The van der Waals surface area contributed by atoms with Crippen LogP contribution in [0.25, 0.3) is 33.0 Å². The van der Waals surface area contributed by atoms with Crippen LogP contribution in [0.2, 0.25) is 0 Å². The molecule has 1 aromatic heterocycles. The van der Waals surface area contributed by atoms with Crippen LogP contribution in [0.4, 0.5) is 5.69 Å². The minimum atomic E-state index is -2.01. The van der Waals surface area contributed by atoms with Gasteiger partial charge in [0.15, 0.2) is 22.3 Å². The van der Waals surface area contributed by atoms with Crippen molar-refractivity contribution in [1.82, 2.24) is 4.98 Å². The van der Waals surface area contributed by atoms with Crippen LogP contribution in [-0.2, 0) is 23.8 Å². The van der Waals surface area contributed by atoms with E-state index >= 15 is 0 Å². The van der Waals surface area contributed by atoms with Crippen molar-refractivity contribution < 1.29 is 57.2 Å². The van der Waals surface area contributed by atoms with Crippen LogP contribution >= 0.6 is 0 Å². The first-order chi connectivity index (χ1) is 32.0. The zero-order chi connectivity index (χ0) is 49.7. The predicted octanol–water partition coefficient (Wildman–Crippen LogP) is 8.53. The van der Waals surface area contributed by atoms with Crippen LogP contribution in [0, 0.1) is 42.4 Å². The number of aliphatic hydroxyl groups is 1. The second-order valence-corrected chi connectivity index (χ2v) is 20.2. The minimum absolute atomic E-state index is 0.0112. The fourth-order valence-corrected chi connectivity index (χ4v) is 10.2. The summed E-state index contributed by atoms with van der Waals surface area (Å²) in [6.07, 6.45) is 6.84. The molecule has 3 aliphatic heterocycles. The van der Waals surface area contributed by atoms with Crippen molar-refractivity contribution in [1.29, 1.82) is 0 Å². The molecule has 4 bridgehead atoms. The molecule has 11 atom stereocenters. The molecule has 0 saturated carbocycles. The number of aromatic nitrogens is 1. The Morgan fingerprint density at radius 1 is 1.03 bits per heavy atom. The number of allylic oxidation sites excluding steroid dienone is 2. The number of fused-ring (bicyclic) bond motifs is 2. The lowest BCUT2D eigenvalue weighted by molar-refractivity contribution is -0.919. The number of carbonyl (C=O) groups excluding carboxylic acids is 3. The third-order valence-electron chi connectivity index (χ3n) is 15.3. The number of ether oxygens (including phenoxy) is 5. The molecular formula is C53H68N3O12+. The number of ketones is 1. The van der Waals surface area contributed by atoms with Crippen LogP contribution in [0.3, 0.4) is 0 Å². The quantitative estimate of drug-likeness (QED) is 0.0548. The van der Waals surface area contributed by atoms with E-state index in [1.165, 1.54) is 34.1 Å². The Morgan fingerprint density at radius 3 is 2.41 bits per heavy atom. The number of phenols is 1. The Morgan fingerprint density at radius 2 is 1.75 bits per heavy atom. The zero-order valence-corrected chi connectivity index (χ0v) is 41.6. The van der Waals surface area contributed by atoms with E-state index < -0.39 is 58.9 Å². The molecule has 68 heavy (non-hydrogen) atoms. The van der Waals surface area contributed by atoms with E-state index in [0.29, 0.717) is 29.8 Å². The fraction of sp³-hybridized carbons (Fsp3) is 0.528. The normalized spacial score (nSPS) is 32.2. The number of esters is 1. The zero-order valence-electron chi connectivity index (χ0n) is 41.6. The molecular weight excluding hydrogens is 871 g/mol. The van der Waals surface area contributed by atoms with E-state index in [1.807, 2.05) is 34.6 Å². The van der Waals surface area contributed by atoms with Crippen molar-refractivity contribution >= 4 is 56.3 Å². The highest BCUT2D eigenvalue weighted by Gasteiger charge is 2.50. The van der Waals surface area contributed by atoms with E-state index in [4.69, 9.17) is 33.1 Å². The average molecular weight is 939 g/mol. The number of aliphatic hydroxyl groups excluding tert-OH is 1. The molecule has 4 aromatic rings. The number of nitrogens with one attached hydrogen (secondary N) is 1. The van der Waals surface area contributed by atoms with Crippen LogP contribution in [0.5, 0.6) is 17.2 Å². The van der Waals surface area contributed by atoms with Crippen molar-refractivity contribution in [3.8, 4) is 17.2 Å². The maximum absolute atomic E-state index is 14.8. The van der Waals surface area contributed by atoms with Gasteiger partial charge in [0.2, 0.25) is 0 Å². The van der Waals surface area contributed by atoms with E-state index in [0.717, 1.165) is 24.0 Å². The number of hydrogen-bond acceptors (Lipinski definition) is 13. The number of phenolic OH excluding ortho intramolecular Hbond substituents is 1. The van der Waals surface area contributed by atoms with Gasteiger partial charge in [-0.1, -0.05) is 52.8 Å². The predicted molar refractivity (Wildman–Crippen MR) is 260 cm³/mol. The van der Waals surface area contributed by atoms with Crippen LogP contribution in [0.15, 0.2) is 63.6 Å². The summed E-state index contributed by atoms with van der Waals surface area (Å²) in [6, 6.07) is 5.68. The van der Waals surface area contributed by atoms with Gasteiger partial charge in [-0.2, -0.15) is 0 Å². The number of carbonyl (C=O) groups is 3. The van der Waals surface area contributed by atoms with Gasteiger partial charge in [0.25, 0.3) is 11.7 Å². The van der Waals surface area contributed by atoms with Gasteiger partial charge in [0.1, 0.15) is 34.3 Å². The van der Waals surface area contributed by atoms with Crippen molar-refractivity contribution in [3.05, 3.63) is 75.7 Å². The summed E-state index contributed by atoms with van der Waals surface area (Å²) in [5, 5.41) is 26.3. The molecule has 15 heteroatoms. The molecule has 0 spiro atoms. The number of hydrogen-bond donors (Lipinski definition) is 3. The molecule has 3 N–H and O–H groups in total. The molecule has 4 heterocycles. The first-order valence-corrected chi connectivity index (χ1v) is 23.7. The van der Waals surface area contributed by atoms with Gasteiger partial charge in [0, 0.05) is 67.7 Å². The Kier molecular flexibility index (Phi) is 14.2. The second-order valence-electron chi connectivity index (χ2n) is 20.2. The maximum Gasteiger partial charge on any atom is 0.312 e. The fourth-order valence-electron chi connectivity index (χ4n) is 10.2. The van der Waals surface area contributed by atoms with Gasteiger partial charge in [-0.3, -0.25) is 19.2 Å². The van der Waals surface area contributed by atoms with Gasteiger partial charge in [-0.05, 0) is 63.7 Å². The van der Waals surface area contributed by atoms with E-state index in [-0.39, 0.29) is 79.3 Å². The van der Waals surface area contributed by atoms with Crippen LogP contribution in [0.1, 0.15) is 91.6 Å². The highest BCUT2D eigenvalue weighted by atomic mass is 16.7. The Balaban J connectivity index is 1.39. The molecule has 0 radical (unpaired) electrons. The smallest absolute Gasteiger partial charge is 0.312 e. The number of Topliss-reactive ketones (excluding diaryl/α,β-unsaturated/α-hetero) is 1. The standard InChI is InChI=1S/C53H67N3O12/c1-26(2)56(12)21-19-35(24-56)25-64-36-17-18-37-39(23-36)67-50-43(54-37)40-41-46(59)33(9)49-42(40)51(61)53(11,68-49)65-22-20-38(63-13)32(8)48(66-34(10)57)31(7)29(5)30(6)45(58)27(3)15-14-16-28(4)52(62)55-44(50)47(41)60/h14-18,20,22-23,26-27,29-32,35,38,45,48,58H,19,21,24-25H2,1-13H3,(H-,54,55,59,60,61,62)/p+1/b15-14+,22-20+,28-16-/t27-,29+,30-,31+,32+,35?,38-,45-,48-,53-,56?/m0/s1. The third kappa shape index (κ3) is 9.24. The average Bonchev–Trinajstić information content (AvgIpc) is 3.82. The topological polar surface area (TPSA) is 193 Å². The van der Waals surface area contributed by atoms with Gasteiger partial charge in [0.05, 0.1) is 62.2 Å². The number of nitrogens with zero attached hydrogens (tertiary/aromatic N) is 2. The third-order valence-corrected chi connectivity index (χ3v) is 15.3. The first-order valence-electron chi connectivity index (χ1n) is 23.7. The Hall–Kier alpha value is -5.77. The van der Waals surface area contributed by atoms with E-state index in [1.54, 1.807) is 49.4 Å². The molecule has 15 nitrogen and oxygen atoms in total. The highest BCUT2D eigenvalue weighted by molar-refractivity contribution is 6.26. The largest absolute Gasteiger partial charge is 0.505 e. The van der Waals surface area contributed by atoms with E-state index in [9.17, 15) is 29.4 Å². The number of likely N-dealkylation sites (tertiary alicyclic amines) is 1. The Bertz CT molecular complexity index is 2790. The molecule has 3 aliphatic rings. The van der Waals surface area contributed by atoms with Gasteiger partial charge >= 0.3 is 11.8 Å². The number of methoxy groups -OCH3 is 1. The maximum atomic E-state index is 14.8. The Labute approximate surface area is 397 Å². The molecule has 7 rings (SSSR count). The summed E-state index contributed by atoms with van der Waals surface area (Å²) in [5.41, 5.74) is -0.184.